The van der Waals surface area contributed by atoms with Crippen LogP contribution in [0.15, 0.2) is 42.7 Å². The van der Waals surface area contributed by atoms with Crippen LogP contribution < -0.4 is 9.47 Å². The molecule has 0 aliphatic rings. The Bertz CT molecular complexity index is 668. The van der Waals surface area contributed by atoms with Crippen LogP contribution in [0.5, 0.6) is 11.5 Å². The summed E-state index contributed by atoms with van der Waals surface area (Å²) in [4.78, 5) is 28.2. The molecule has 0 atom stereocenters. The second kappa shape index (κ2) is 7.36. The molecule has 0 saturated carbocycles. The number of Topliss-reactive ketones (excluding diaryl/α,β-unsaturated/α-hetero) is 2. The topological polar surface area (TPSA) is 65.5 Å². The maximum Gasteiger partial charge on any atom is 0.167 e. The maximum absolute atomic E-state index is 12.3. The fraction of sp³-hybridized carbons (Fsp3) is 0.235. The van der Waals surface area contributed by atoms with Crippen LogP contribution in [0, 0.1) is 0 Å². The van der Waals surface area contributed by atoms with Gasteiger partial charge in [0.2, 0.25) is 0 Å². The van der Waals surface area contributed by atoms with E-state index in [-0.39, 0.29) is 24.4 Å². The highest BCUT2D eigenvalue weighted by atomic mass is 16.5. The number of aromatic nitrogens is 1. The van der Waals surface area contributed by atoms with Gasteiger partial charge in [-0.2, -0.15) is 0 Å². The van der Waals surface area contributed by atoms with Crippen LogP contribution >= 0.6 is 0 Å². The van der Waals surface area contributed by atoms with E-state index in [4.69, 9.17) is 9.47 Å². The molecule has 2 rings (SSSR count). The number of hydrogen-bond acceptors (Lipinski definition) is 5. The van der Waals surface area contributed by atoms with Crippen molar-refractivity contribution >= 4 is 11.6 Å². The smallest absolute Gasteiger partial charge is 0.167 e. The lowest BCUT2D eigenvalue weighted by Crippen LogP contribution is -2.07. The van der Waals surface area contributed by atoms with E-state index in [0.717, 1.165) is 0 Å². The number of rotatable bonds is 7. The van der Waals surface area contributed by atoms with Crippen LogP contribution in [-0.2, 0) is 0 Å². The molecule has 0 fully saturated rings. The molecule has 0 amide bonds. The van der Waals surface area contributed by atoms with Gasteiger partial charge < -0.3 is 9.47 Å². The number of carbonyl (C=O) groups excluding carboxylic acids is 2. The fourth-order valence-electron chi connectivity index (χ4n) is 2.06. The van der Waals surface area contributed by atoms with E-state index in [2.05, 4.69) is 4.98 Å². The van der Waals surface area contributed by atoms with Gasteiger partial charge in [0.25, 0.3) is 0 Å². The van der Waals surface area contributed by atoms with E-state index in [1.165, 1.54) is 13.3 Å². The van der Waals surface area contributed by atoms with Crippen molar-refractivity contribution in [3.8, 4) is 11.5 Å². The summed E-state index contributed by atoms with van der Waals surface area (Å²) in [6, 6.07) is 8.37. The van der Waals surface area contributed by atoms with Crippen LogP contribution in [0.1, 0.15) is 33.6 Å². The van der Waals surface area contributed by atoms with Crippen molar-refractivity contribution in [3.63, 3.8) is 0 Å². The maximum atomic E-state index is 12.3. The van der Waals surface area contributed by atoms with Crippen molar-refractivity contribution < 1.29 is 19.1 Å². The number of ether oxygens (including phenoxy) is 2. The summed E-state index contributed by atoms with van der Waals surface area (Å²) in [6.07, 6.45) is 3.36. The number of benzene rings is 1. The van der Waals surface area contributed by atoms with Crippen LogP contribution in [0.2, 0.25) is 0 Å². The molecule has 2 aromatic rings. The predicted octanol–water partition coefficient (Wildman–Crippen LogP) is 2.94. The highest BCUT2D eigenvalue weighted by molar-refractivity contribution is 6.03. The van der Waals surface area contributed by atoms with Gasteiger partial charge in [-0.15, -0.1) is 0 Å². The standard InChI is InChI=1S/C17H17NO4/c1-21-13-5-6-14(17(10-13)22-2)16(20)8-7-15(19)12-4-3-9-18-11-12/h3-6,9-11H,7-8H2,1-2H3. The highest BCUT2D eigenvalue weighted by Crippen LogP contribution is 2.26. The van der Waals surface area contributed by atoms with Gasteiger partial charge in [0.05, 0.1) is 19.8 Å². The van der Waals surface area contributed by atoms with E-state index in [1.807, 2.05) is 0 Å². The second-order valence-electron chi connectivity index (χ2n) is 4.65. The van der Waals surface area contributed by atoms with E-state index in [9.17, 15) is 9.59 Å². The zero-order chi connectivity index (χ0) is 15.9. The molecule has 1 aromatic heterocycles. The highest BCUT2D eigenvalue weighted by Gasteiger charge is 2.15. The number of ketones is 2. The number of hydrogen-bond donors (Lipinski definition) is 0. The zero-order valence-electron chi connectivity index (χ0n) is 12.5. The Kier molecular flexibility index (Phi) is 5.25. The molecule has 0 spiro atoms. The van der Waals surface area contributed by atoms with Crippen molar-refractivity contribution in [2.24, 2.45) is 0 Å². The molecule has 0 aliphatic heterocycles. The molecular weight excluding hydrogens is 282 g/mol. The molecule has 1 heterocycles. The molecular formula is C17H17NO4. The van der Waals surface area contributed by atoms with Crippen molar-refractivity contribution in [2.45, 2.75) is 12.8 Å². The minimum atomic E-state index is -0.142. The summed E-state index contributed by atoms with van der Waals surface area (Å²) in [5.74, 6) is 0.809. The van der Waals surface area contributed by atoms with Crippen molar-refractivity contribution in [1.82, 2.24) is 4.98 Å². The normalized spacial score (nSPS) is 10.1. The summed E-state index contributed by atoms with van der Waals surface area (Å²) in [7, 11) is 3.04. The van der Waals surface area contributed by atoms with Crippen molar-refractivity contribution in [1.29, 1.82) is 0 Å². The predicted molar refractivity (Wildman–Crippen MR) is 81.7 cm³/mol. The van der Waals surface area contributed by atoms with Gasteiger partial charge in [-0.05, 0) is 24.3 Å². The minimum Gasteiger partial charge on any atom is -0.497 e. The fourth-order valence-corrected chi connectivity index (χ4v) is 2.06. The molecule has 0 radical (unpaired) electrons. The van der Waals surface area contributed by atoms with Gasteiger partial charge in [-0.3, -0.25) is 14.6 Å². The average Bonchev–Trinajstić information content (AvgIpc) is 2.59. The molecule has 0 saturated heterocycles. The van der Waals surface area contributed by atoms with Crippen LogP contribution in [0.4, 0.5) is 0 Å². The Labute approximate surface area is 128 Å². The van der Waals surface area contributed by atoms with Gasteiger partial charge in [-0.25, -0.2) is 0 Å². The summed E-state index contributed by atoms with van der Waals surface area (Å²) >= 11 is 0. The summed E-state index contributed by atoms with van der Waals surface area (Å²) < 4.78 is 10.3. The van der Waals surface area contributed by atoms with Crippen molar-refractivity contribution in [3.05, 3.63) is 53.9 Å². The lowest BCUT2D eigenvalue weighted by molar-refractivity contribution is 0.0915. The Morgan fingerprint density at radius 1 is 1.05 bits per heavy atom. The van der Waals surface area contributed by atoms with Gasteiger partial charge in [-0.1, -0.05) is 0 Å². The van der Waals surface area contributed by atoms with Gasteiger partial charge >= 0.3 is 0 Å². The quantitative estimate of drug-likeness (QED) is 0.735. The Hall–Kier alpha value is -2.69. The third-order valence-corrected chi connectivity index (χ3v) is 3.27. The number of methoxy groups -OCH3 is 2. The number of carbonyl (C=O) groups is 2. The van der Waals surface area contributed by atoms with Gasteiger partial charge in [0, 0.05) is 36.9 Å². The average molecular weight is 299 g/mol. The molecule has 5 nitrogen and oxygen atoms in total. The largest absolute Gasteiger partial charge is 0.497 e. The Morgan fingerprint density at radius 2 is 1.82 bits per heavy atom. The Morgan fingerprint density at radius 3 is 2.45 bits per heavy atom. The molecule has 22 heavy (non-hydrogen) atoms. The molecule has 1 aromatic carbocycles. The van der Waals surface area contributed by atoms with E-state index in [0.29, 0.717) is 22.6 Å². The third kappa shape index (κ3) is 3.69. The van der Waals surface area contributed by atoms with Crippen LogP contribution in [-0.4, -0.2) is 30.8 Å². The lowest BCUT2D eigenvalue weighted by Gasteiger charge is -2.09. The van der Waals surface area contributed by atoms with Gasteiger partial charge in [0.1, 0.15) is 11.5 Å². The SMILES string of the molecule is COc1ccc(C(=O)CCC(=O)c2cccnc2)c(OC)c1. The molecule has 5 heteroatoms. The Balaban J connectivity index is 2.05. The summed E-state index contributed by atoms with van der Waals surface area (Å²) in [5.41, 5.74) is 0.958. The van der Waals surface area contributed by atoms with E-state index >= 15 is 0 Å². The van der Waals surface area contributed by atoms with Crippen LogP contribution in [0.3, 0.4) is 0 Å². The lowest BCUT2D eigenvalue weighted by atomic mass is 10.0. The van der Waals surface area contributed by atoms with Gasteiger partial charge in [0.15, 0.2) is 11.6 Å². The minimum absolute atomic E-state index is 0.103. The first-order valence-corrected chi connectivity index (χ1v) is 6.84. The second-order valence-corrected chi connectivity index (χ2v) is 4.65. The molecule has 0 aliphatic carbocycles. The molecule has 0 N–H and O–H groups in total. The van der Waals surface area contributed by atoms with Crippen LogP contribution in [0.25, 0.3) is 0 Å². The molecule has 0 unspecified atom stereocenters. The first kappa shape index (κ1) is 15.7. The summed E-state index contributed by atoms with van der Waals surface area (Å²) in [5, 5.41) is 0. The number of pyridine rings is 1. The van der Waals surface area contributed by atoms with Crippen molar-refractivity contribution in [2.75, 3.05) is 14.2 Å². The summed E-state index contributed by atoms with van der Waals surface area (Å²) in [6.45, 7) is 0. The molecule has 114 valence electrons. The zero-order valence-corrected chi connectivity index (χ0v) is 12.5. The monoisotopic (exact) mass is 299 g/mol. The third-order valence-electron chi connectivity index (χ3n) is 3.27. The molecule has 0 bridgehead atoms. The van der Waals surface area contributed by atoms with E-state index < -0.39 is 0 Å². The number of nitrogens with zero attached hydrogens (tertiary/aromatic N) is 1. The first-order chi connectivity index (χ1) is 10.7. The first-order valence-electron chi connectivity index (χ1n) is 6.84. The van der Waals surface area contributed by atoms with E-state index in [1.54, 1.807) is 43.6 Å².